The zero-order valence-corrected chi connectivity index (χ0v) is 10.5. The Balaban J connectivity index is 1.93. The number of halogens is 1. The van der Waals surface area contributed by atoms with E-state index in [-0.39, 0.29) is 23.6 Å². The van der Waals surface area contributed by atoms with Crippen molar-refractivity contribution in [1.29, 1.82) is 0 Å². The largest absolute Gasteiger partial charge is 0.487 e. The molecule has 3 nitrogen and oxygen atoms in total. The summed E-state index contributed by atoms with van der Waals surface area (Å²) in [4.78, 5) is 0. The molecule has 3 rings (SSSR count). The molecule has 1 spiro atoms. The van der Waals surface area contributed by atoms with Crippen molar-refractivity contribution in [3.63, 3.8) is 0 Å². The summed E-state index contributed by atoms with van der Waals surface area (Å²) in [6.45, 7) is 2.75. The molecule has 2 N–H and O–H groups in total. The van der Waals surface area contributed by atoms with E-state index in [0.717, 1.165) is 30.6 Å². The van der Waals surface area contributed by atoms with Gasteiger partial charge in [0.05, 0.1) is 12.7 Å². The van der Waals surface area contributed by atoms with Gasteiger partial charge in [-0.15, -0.1) is 0 Å². The molecule has 0 saturated carbocycles. The molecule has 18 heavy (non-hydrogen) atoms. The van der Waals surface area contributed by atoms with Gasteiger partial charge < -0.3 is 15.2 Å². The highest BCUT2D eigenvalue weighted by molar-refractivity contribution is 5.39. The van der Waals surface area contributed by atoms with Crippen molar-refractivity contribution in [1.82, 2.24) is 0 Å². The van der Waals surface area contributed by atoms with Crippen LogP contribution in [0.5, 0.6) is 5.75 Å². The maximum absolute atomic E-state index is 13.2. The van der Waals surface area contributed by atoms with Gasteiger partial charge in [0.25, 0.3) is 0 Å². The Hall–Kier alpha value is -1.13. The van der Waals surface area contributed by atoms with Gasteiger partial charge in [0.15, 0.2) is 0 Å². The molecule has 0 aromatic heterocycles. The molecule has 3 atom stereocenters. The van der Waals surface area contributed by atoms with E-state index in [1.54, 1.807) is 6.07 Å². The van der Waals surface area contributed by atoms with Crippen LogP contribution in [0.4, 0.5) is 4.39 Å². The van der Waals surface area contributed by atoms with E-state index in [0.29, 0.717) is 6.61 Å². The molecule has 1 aromatic rings. The Morgan fingerprint density at radius 1 is 1.39 bits per heavy atom. The average molecular weight is 251 g/mol. The first-order valence-corrected chi connectivity index (χ1v) is 6.44. The summed E-state index contributed by atoms with van der Waals surface area (Å²) in [6, 6.07) is 4.43. The Morgan fingerprint density at radius 3 is 3.00 bits per heavy atom. The first-order valence-electron chi connectivity index (χ1n) is 6.44. The summed E-state index contributed by atoms with van der Waals surface area (Å²) < 4.78 is 24.9. The third-order valence-electron chi connectivity index (χ3n) is 3.91. The van der Waals surface area contributed by atoms with Gasteiger partial charge in [0.2, 0.25) is 0 Å². The van der Waals surface area contributed by atoms with Gasteiger partial charge in [0, 0.05) is 30.9 Å². The SMILES string of the molecule is CC1CC2(CCO1)C[C@@H](N)c1cc(F)ccc1O2. The molecule has 0 aliphatic carbocycles. The van der Waals surface area contributed by atoms with Gasteiger partial charge in [0.1, 0.15) is 17.2 Å². The minimum absolute atomic E-state index is 0.158. The zero-order chi connectivity index (χ0) is 12.8. The molecule has 1 saturated heterocycles. The number of rotatable bonds is 0. The van der Waals surface area contributed by atoms with Gasteiger partial charge in [-0.05, 0) is 25.1 Å². The molecule has 98 valence electrons. The van der Waals surface area contributed by atoms with Crippen molar-refractivity contribution in [2.75, 3.05) is 6.61 Å². The number of ether oxygens (including phenoxy) is 2. The Labute approximate surface area is 106 Å². The maximum Gasteiger partial charge on any atom is 0.125 e. The minimum atomic E-state index is -0.260. The molecular weight excluding hydrogens is 233 g/mol. The fourth-order valence-corrected chi connectivity index (χ4v) is 3.10. The second kappa shape index (κ2) is 4.21. The lowest BCUT2D eigenvalue weighted by atomic mass is 9.80. The van der Waals surface area contributed by atoms with Crippen LogP contribution in [0, 0.1) is 5.82 Å². The van der Waals surface area contributed by atoms with E-state index in [4.69, 9.17) is 15.2 Å². The van der Waals surface area contributed by atoms with Crippen molar-refractivity contribution in [3.05, 3.63) is 29.6 Å². The van der Waals surface area contributed by atoms with Crippen LogP contribution < -0.4 is 10.5 Å². The van der Waals surface area contributed by atoms with E-state index in [1.165, 1.54) is 12.1 Å². The van der Waals surface area contributed by atoms with Gasteiger partial charge in [-0.1, -0.05) is 0 Å². The molecule has 4 heteroatoms. The summed E-state index contributed by atoms with van der Waals surface area (Å²) >= 11 is 0. The second-order valence-electron chi connectivity index (χ2n) is 5.41. The predicted octanol–water partition coefficient (Wildman–Crippen LogP) is 2.55. The van der Waals surface area contributed by atoms with Crippen LogP contribution >= 0.6 is 0 Å². The molecular formula is C14H18FNO2. The number of hydrogen-bond acceptors (Lipinski definition) is 3. The van der Waals surface area contributed by atoms with Crippen molar-refractivity contribution < 1.29 is 13.9 Å². The summed E-state index contributed by atoms with van der Waals surface area (Å²) in [5, 5.41) is 0. The molecule has 0 bridgehead atoms. The number of hydrogen-bond donors (Lipinski definition) is 1. The average Bonchev–Trinajstić information content (AvgIpc) is 2.30. The molecule has 1 aromatic carbocycles. The molecule has 0 radical (unpaired) electrons. The third kappa shape index (κ3) is 1.99. The van der Waals surface area contributed by atoms with Gasteiger partial charge >= 0.3 is 0 Å². The first kappa shape index (κ1) is 11.9. The van der Waals surface area contributed by atoms with Gasteiger partial charge in [-0.2, -0.15) is 0 Å². The van der Waals surface area contributed by atoms with Crippen LogP contribution in [0.1, 0.15) is 37.8 Å². The summed E-state index contributed by atoms with van der Waals surface area (Å²) in [6.07, 6.45) is 2.62. The van der Waals surface area contributed by atoms with Crippen molar-refractivity contribution in [2.45, 2.75) is 43.9 Å². The monoisotopic (exact) mass is 251 g/mol. The third-order valence-corrected chi connectivity index (χ3v) is 3.91. The highest BCUT2D eigenvalue weighted by Crippen LogP contribution is 2.44. The van der Waals surface area contributed by atoms with E-state index in [2.05, 4.69) is 6.92 Å². The van der Waals surface area contributed by atoms with Crippen LogP contribution in [0.25, 0.3) is 0 Å². The van der Waals surface area contributed by atoms with Crippen LogP contribution in [0.15, 0.2) is 18.2 Å². The van der Waals surface area contributed by atoms with E-state index in [1.807, 2.05) is 0 Å². The second-order valence-corrected chi connectivity index (χ2v) is 5.41. The smallest absolute Gasteiger partial charge is 0.125 e. The number of nitrogens with two attached hydrogens (primary N) is 1. The topological polar surface area (TPSA) is 44.5 Å². The molecule has 2 unspecified atom stereocenters. The fraction of sp³-hybridized carbons (Fsp3) is 0.571. The van der Waals surface area contributed by atoms with Crippen molar-refractivity contribution in [3.8, 4) is 5.75 Å². The summed E-state index contributed by atoms with van der Waals surface area (Å²) in [5.41, 5.74) is 6.72. The summed E-state index contributed by atoms with van der Waals surface area (Å²) in [5.74, 6) is 0.466. The van der Waals surface area contributed by atoms with Gasteiger partial charge in [-0.25, -0.2) is 4.39 Å². The van der Waals surface area contributed by atoms with Crippen LogP contribution in [-0.2, 0) is 4.74 Å². The van der Waals surface area contributed by atoms with Crippen LogP contribution in [0.2, 0.25) is 0 Å². The minimum Gasteiger partial charge on any atom is -0.487 e. The van der Waals surface area contributed by atoms with E-state index in [9.17, 15) is 4.39 Å². The van der Waals surface area contributed by atoms with Crippen molar-refractivity contribution in [2.24, 2.45) is 5.73 Å². The quantitative estimate of drug-likeness (QED) is 0.770. The van der Waals surface area contributed by atoms with E-state index < -0.39 is 0 Å². The molecule has 2 heterocycles. The van der Waals surface area contributed by atoms with Crippen LogP contribution in [0.3, 0.4) is 0 Å². The highest BCUT2D eigenvalue weighted by atomic mass is 19.1. The fourth-order valence-electron chi connectivity index (χ4n) is 3.10. The summed E-state index contributed by atoms with van der Waals surface area (Å²) in [7, 11) is 0. The molecule has 2 aliphatic heterocycles. The predicted molar refractivity (Wildman–Crippen MR) is 66.0 cm³/mol. The van der Waals surface area contributed by atoms with Gasteiger partial charge in [-0.3, -0.25) is 0 Å². The van der Waals surface area contributed by atoms with E-state index >= 15 is 0 Å². The lowest BCUT2D eigenvalue weighted by Crippen LogP contribution is -2.49. The first-order chi connectivity index (χ1) is 8.58. The lowest BCUT2D eigenvalue weighted by molar-refractivity contribution is -0.0949. The molecule has 0 amide bonds. The Morgan fingerprint density at radius 2 is 2.22 bits per heavy atom. The Kier molecular flexibility index (Phi) is 2.79. The number of fused-ring (bicyclic) bond motifs is 1. The normalized spacial score (nSPS) is 35.1. The molecule has 1 fully saturated rings. The highest BCUT2D eigenvalue weighted by Gasteiger charge is 2.43. The van der Waals surface area contributed by atoms with Crippen molar-refractivity contribution >= 4 is 0 Å². The standard InChI is InChI=1S/C14H18FNO2/c1-9-7-14(4-5-17-9)8-12(16)11-6-10(15)2-3-13(11)18-14/h2-3,6,9,12H,4-5,7-8,16H2,1H3/t9?,12-,14?/m1/s1. The zero-order valence-electron chi connectivity index (χ0n) is 10.5. The Bertz CT molecular complexity index is 465. The molecule has 2 aliphatic rings. The lowest BCUT2D eigenvalue weighted by Gasteiger charge is -2.45. The number of benzene rings is 1. The van der Waals surface area contributed by atoms with Crippen LogP contribution in [-0.4, -0.2) is 18.3 Å². The maximum atomic E-state index is 13.2.